The second kappa shape index (κ2) is 7.03. The first-order chi connectivity index (χ1) is 12.1. The maximum atomic E-state index is 10.9. The van der Waals surface area contributed by atoms with Crippen molar-refractivity contribution in [2.45, 2.75) is 44.2 Å². The monoisotopic (exact) mass is 421 g/mol. The fraction of sp³-hybridized carbons (Fsp3) is 0.444. The molecule has 1 fully saturated rings. The number of halogens is 1. The van der Waals surface area contributed by atoms with Crippen LogP contribution in [0.5, 0.6) is 0 Å². The number of aromatic nitrogens is 1. The van der Waals surface area contributed by atoms with Crippen LogP contribution in [0.3, 0.4) is 0 Å². The van der Waals surface area contributed by atoms with Gasteiger partial charge in [-0.2, -0.15) is 0 Å². The summed E-state index contributed by atoms with van der Waals surface area (Å²) in [4.78, 5) is 19.0. The predicted octanol–water partition coefficient (Wildman–Crippen LogP) is 4.62. The van der Waals surface area contributed by atoms with E-state index in [0.29, 0.717) is 6.04 Å². The Hall–Kier alpha value is -1.47. The molecule has 0 bridgehead atoms. The highest BCUT2D eigenvalue weighted by molar-refractivity contribution is 9.10. The summed E-state index contributed by atoms with van der Waals surface area (Å²) in [7, 11) is 0. The van der Waals surface area contributed by atoms with Crippen LogP contribution in [0.1, 0.15) is 37.8 Å². The third-order valence-electron chi connectivity index (χ3n) is 4.82. The number of aliphatic imine (C=N–C) groups is 1. The molecule has 3 N–H and O–H groups in total. The van der Waals surface area contributed by atoms with Gasteiger partial charge in [-0.15, -0.1) is 11.8 Å². The lowest BCUT2D eigenvalue weighted by Crippen LogP contribution is -2.14. The number of nitrogens with one attached hydrogen (secondary N) is 2. The van der Waals surface area contributed by atoms with Gasteiger partial charge in [0.15, 0.2) is 0 Å². The minimum Gasteiger partial charge on any atom is -0.481 e. The van der Waals surface area contributed by atoms with Gasteiger partial charge < -0.3 is 15.4 Å². The molecule has 1 aromatic heterocycles. The molecule has 1 aliphatic carbocycles. The van der Waals surface area contributed by atoms with Gasteiger partial charge in [-0.1, -0.05) is 25.0 Å². The molecule has 0 radical (unpaired) electrons. The molecule has 0 spiro atoms. The first-order valence-electron chi connectivity index (χ1n) is 8.61. The summed E-state index contributed by atoms with van der Waals surface area (Å²) < 4.78 is 1.000. The molecule has 2 aliphatic rings. The Kier molecular flexibility index (Phi) is 4.78. The van der Waals surface area contributed by atoms with Crippen LogP contribution in [-0.2, 0) is 4.79 Å². The number of nitrogens with zero attached hydrogens (tertiary/aromatic N) is 1. The van der Waals surface area contributed by atoms with Crippen LogP contribution in [0.15, 0.2) is 27.7 Å². The number of carbonyl (C=O) groups is 1. The molecule has 0 amide bonds. The lowest BCUT2D eigenvalue weighted by Gasteiger charge is -2.14. The number of thioether (sulfide) groups is 1. The smallest absolute Gasteiger partial charge is 0.305 e. The third-order valence-corrected chi connectivity index (χ3v) is 6.78. The number of rotatable bonds is 5. The molecule has 7 heteroatoms. The molecular weight excluding hydrogens is 402 g/mol. The van der Waals surface area contributed by atoms with Crippen LogP contribution in [-0.4, -0.2) is 38.9 Å². The summed E-state index contributed by atoms with van der Waals surface area (Å²) in [5.74, 6) is -0.0780. The fourth-order valence-electron chi connectivity index (χ4n) is 3.60. The van der Waals surface area contributed by atoms with Crippen LogP contribution in [0.4, 0.5) is 5.69 Å². The minimum absolute atomic E-state index is 0.0861. The number of para-hydroxylation sites is 1. The van der Waals surface area contributed by atoms with Crippen molar-refractivity contribution in [3.05, 3.63) is 28.4 Å². The second-order valence-corrected chi connectivity index (χ2v) is 8.47. The van der Waals surface area contributed by atoms with E-state index in [0.717, 1.165) is 37.6 Å². The highest BCUT2D eigenvalue weighted by Gasteiger charge is 2.25. The molecule has 0 saturated heterocycles. The lowest BCUT2D eigenvalue weighted by molar-refractivity contribution is -0.137. The molecule has 2 heterocycles. The van der Waals surface area contributed by atoms with Crippen molar-refractivity contribution in [1.29, 1.82) is 0 Å². The van der Waals surface area contributed by atoms with E-state index >= 15 is 0 Å². The normalized spacial score (nSPS) is 21.0. The fourth-order valence-corrected chi connectivity index (χ4v) is 5.41. The Morgan fingerprint density at radius 3 is 2.96 bits per heavy atom. The van der Waals surface area contributed by atoms with E-state index in [4.69, 9.17) is 5.11 Å². The van der Waals surface area contributed by atoms with Crippen LogP contribution < -0.4 is 5.32 Å². The lowest BCUT2D eigenvalue weighted by atomic mass is 10.2. The minimum atomic E-state index is -0.797. The van der Waals surface area contributed by atoms with E-state index in [9.17, 15) is 4.79 Å². The van der Waals surface area contributed by atoms with E-state index in [1.165, 1.54) is 25.7 Å². The number of H-pyrrole nitrogens is 1. The first kappa shape index (κ1) is 17.0. The van der Waals surface area contributed by atoms with Crippen molar-refractivity contribution >= 4 is 55.3 Å². The number of carboxylic acid groups (broad SMARTS) is 1. The van der Waals surface area contributed by atoms with Gasteiger partial charge in [0, 0.05) is 17.2 Å². The van der Waals surface area contributed by atoms with Crippen molar-refractivity contribution in [3.8, 4) is 0 Å². The Morgan fingerprint density at radius 2 is 2.20 bits per heavy atom. The average Bonchev–Trinajstić information content (AvgIpc) is 3.29. The molecule has 1 atom stereocenters. The van der Waals surface area contributed by atoms with Crippen molar-refractivity contribution in [1.82, 2.24) is 4.98 Å². The second-order valence-electron chi connectivity index (χ2n) is 6.66. The molecule has 1 aliphatic heterocycles. The molecule has 1 unspecified atom stereocenters. The number of aromatic amines is 1. The summed E-state index contributed by atoms with van der Waals surface area (Å²) in [5, 5.41) is 14.7. The first-order valence-corrected chi connectivity index (χ1v) is 10.4. The predicted molar refractivity (Wildman–Crippen MR) is 107 cm³/mol. The molecule has 1 saturated carbocycles. The maximum Gasteiger partial charge on any atom is 0.305 e. The van der Waals surface area contributed by atoms with Crippen LogP contribution in [0.2, 0.25) is 0 Å². The van der Waals surface area contributed by atoms with Gasteiger partial charge in [0.25, 0.3) is 0 Å². The van der Waals surface area contributed by atoms with Crippen LogP contribution >= 0.6 is 27.7 Å². The zero-order valence-electron chi connectivity index (χ0n) is 13.7. The number of benzene rings is 1. The molecular formula is C18H20BrN3O2S. The highest BCUT2D eigenvalue weighted by atomic mass is 79.9. The maximum absolute atomic E-state index is 10.9. The van der Waals surface area contributed by atoms with Gasteiger partial charge in [0.2, 0.25) is 0 Å². The zero-order chi connectivity index (χ0) is 17.4. The Balaban J connectivity index is 1.66. The van der Waals surface area contributed by atoms with E-state index in [1.54, 1.807) is 11.8 Å². The van der Waals surface area contributed by atoms with E-state index in [2.05, 4.69) is 49.4 Å². The average molecular weight is 422 g/mol. The molecule has 2 aromatic rings. The van der Waals surface area contributed by atoms with Gasteiger partial charge in [-0.05, 0) is 34.8 Å². The molecule has 132 valence electrons. The van der Waals surface area contributed by atoms with Gasteiger partial charge >= 0.3 is 5.97 Å². The number of carboxylic acids is 1. The van der Waals surface area contributed by atoms with Gasteiger partial charge in [-0.3, -0.25) is 9.79 Å². The Labute approximate surface area is 158 Å². The SMILES string of the molecule is O=C(O)CC1CSC(c2[nH]c3c(NC4CCCC4)cccc3c2Br)=N1. The molecule has 5 nitrogen and oxygen atoms in total. The van der Waals surface area contributed by atoms with Crippen molar-refractivity contribution in [3.63, 3.8) is 0 Å². The summed E-state index contributed by atoms with van der Waals surface area (Å²) in [6, 6.07) is 6.68. The van der Waals surface area contributed by atoms with Crippen molar-refractivity contribution < 1.29 is 9.90 Å². The zero-order valence-corrected chi connectivity index (χ0v) is 16.1. The molecule has 25 heavy (non-hydrogen) atoms. The van der Waals surface area contributed by atoms with Crippen LogP contribution in [0.25, 0.3) is 10.9 Å². The summed E-state index contributed by atoms with van der Waals surface area (Å²) in [5.41, 5.74) is 3.16. The van der Waals surface area contributed by atoms with Crippen LogP contribution in [0, 0.1) is 0 Å². The summed E-state index contributed by atoms with van der Waals surface area (Å²) >= 11 is 5.33. The number of hydrogen-bond donors (Lipinski definition) is 3. The molecule has 4 rings (SSSR count). The van der Waals surface area contributed by atoms with E-state index in [-0.39, 0.29) is 12.5 Å². The highest BCUT2D eigenvalue weighted by Crippen LogP contribution is 2.37. The standard InChI is InChI=1S/C18H20BrN3O2S/c19-15-12-6-3-7-13(20-10-4-1-2-5-10)16(12)22-17(15)18-21-11(9-25-18)8-14(23)24/h3,6-7,10-11,20,22H,1-2,4-5,8-9H2,(H,23,24). The number of aliphatic carboxylic acids is 1. The number of hydrogen-bond acceptors (Lipinski definition) is 4. The topological polar surface area (TPSA) is 77.5 Å². The van der Waals surface area contributed by atoms with E-state index < -0.39 is 5.97 Å². The van der Waals surface area contributed by atoms with Gasteiger partial charge in [0.1, 0.15) is 5.04 Å². The number of anilines is 1. The number of fused-ring (bicyclic) bond motifs is 1. The quantitative estimate of drug-likeness (QED) is 0.657. The Morgan fingerprint density at radius 1 is 1.40 bits per heavy atom. The largest absolute Gasteiger partial charge is 0.481 e. The molecule has 1 aromatic carbocycles. The van der Waals surface area contributed by atoms with Gasteiger partial charge in [-0.25, -0.2) is 0 Å². The third kappa shape index (κ3) is 3.44. The Bertz CT molecular complexity index is 842. The van der Waals surface area contributed by atoms with E-state index in [1.807, 2.05) is 0 Å². The van der Waals surface area contributed by atoms with Crippen molar-refractivity contribution in [2.75, 3.05) is 11.1 Å². The van der Waals surface area contributed by atoms with Gasteiger partial charge in [0.05, 0.1) is 33.8 Å². The van der Waals surface area contributed by atoms with Crippen molar-refractivity contribution in [2.24, 2.45) is 4.99 Å². The summed E-state index contributed by atoms with van der Waals surface area (Å²) in [6.07, 6.45) is 5.13. The summed E-state index contributed by atoms with van der Waals surface area (Å²) in [6.45, 7) is 0.